The smallest absolute Gasteiger partial charge is 0.357 e. The molecule has 90 valence electrons. The Morgan fingerprint density at radius 2 is 2.12 bits per heavy atom. The quantitative estimate of drug-likeness (QED) is 0.572. The molecule has 0 aromatic heterocycles. The highest BCUT2D eigenvalue weighted by atomic mass is 16.4. The number of hydrogen-bond acceptors (Lipinski definition) is 4. The van der Waals surface area contributed by atoms with E-state index in [1.807, 2.05) is 0 Å². The van der Waals surface area contributed by atoms with Gasteiger partial charge in [-0.1, -0.05) is 0 Å². The lowest BCUT2D eigenvalue weighted by Gasteiger charge is -2.31. The van der Waals surface area contributed by atoms with E-state index in [9.17, 15) is 14.7 Å². The molecule has 0 spiro atoms. The first-order chi connectivity index (χ1) is 7.55. The van der Waals surface area contributed by atoms with Crippen molar-refractivity contribution in [2.24, 2.45) is 0 Å². The van der Waals surface area contributed by atoms with Gasteiger partial charge in [0.1, 0.15) is 0 Å². The van der Waals surface area contributed by atoms with Gasteiger partial charge < -0.3 is 20.4 Å². The molecule has 1 amide bonds. The minimum atomic E-state index is -2.00. The number of carboxylic acid groups (broad SMARTS) is 1. The summed E-state index contributed by atoms with van der Waals surface area (Å²) >= 11 is 0. The lowest BCUT2D eigenvalue weighted by atomic mass is 10.1. The third-order valence-corrected chi connectivity index (χ3v) is 3.32. The van der Waals surface area contributed by atoms with Gasteiger partial charge >= 0.3 is 5.97 Å². The number of carbonyl (C=O) groups is 2. The third kappa shape index (κ3) is 1.68. The van der Waals surface area contributed by atoms with Gasteiger partial charge in [-0.15, -0.1) is 0 Å². The third-order valence-electron chi connectivity index (χ3n) is 3.32. The van der Waals surface area contributed by atoms with Crippen molar-refractivity contribution in [1.29, 1.82) is 0 Å². The first-order valence-corrected chi connectivity index (χ1v) is 5.56. The van der Waals surface area contributed by atoms with Gasteiger partial charge in [-0.25, -0.2) is 4.79 Å². The van der Waals surface area contributed by atoms with Crippen molar-refractivity contribution in [2.45, 2.75) is 37.5 Å². The lowest BCUT2D eigenvalue weighted by molar-refractivity contribution is -0.182. The molecule has 16 heavy (non-hydrogen) atoms. The Labute approximate surface area is 93.2 Å². The van der Waals surface area contributed by atoms with Crippen molar-refractivity contribution < 1.29 is 19.8 Å². The molecule has 0 saturated carbocycles. The predicted molar refractivity (Wildman–Crippen MR) is 54.6 cm³/mol. The van der Waals surface area contributed by atoms with E-state index in [0.717, 1.165) is 17.9 Å². The van der Waals surface area contributed by atoms with Crippen LogP contribution in [0.25, 0.3) is 0 Å². The Bertz CT molecular complexity index is 314. The molecule has 0 aromatic rings. The molecule has 2 rings (SSSR count). The zero-order valence-electron chi connectivity index (χ0n) is 8.98. The van der Waals surface area contributed by atoms with Gasteiger partial charge in [-0.3, -0.25) is 4.79 Å². The van der Waals surface area contributed by atoms with Crippen LogP contribution >= 0.6 is 0 Å². The van der Waals surface area contributed by atoms with Crippen LogP contribution in [0.1, 0.15) is 25.7 Å². The van der Waals surface area contributed by atoms with Crippen molar-refractivity contribution in [2.75, 3.05) is 13.1 Å². The van der Waals surface area contributed by atoms with E-state index < -0.39 is 11.7 Å². The monoisotopic (exact) mass is 228 g/mol. The van der Waals surface area contributed by atoms with Gasteiger partial charge in [0.25, 0.3) is 0 Å². The second kappa shape index (κ2) is 4.03. The highest BCUT2D eigenvalue weighted by Gasteiger charge is 2.50. The zero-order valence-corrected chi connectivity index (χ0v) is 8.98. The molecule has 0 aliphatic carbocycles. The molecule has 2 saturated heterocycles. The van der Waals surface area contributed by atoms with E-state index in [1.165, 1.54) is 0 Å². The molecule has 6 nitrogen and oxygen atoms in total. The number of rotatable bonds is 2. The van der Waals surface area contributed by atoms with Crippen LogP contribution in [0.3, 0.4) is 0 Å². The van der Waals surface area contributed by atoms with E-state index in [1.54, 1.807) is 0 Å². The summed E-state index contributed by atoms with van der Waals surface area (Å²) in [6.07, 6.45) is 2.27. The maximum absolute atomic E-state index is 12.0. The average Bonchev–Trinajstić information content (AvgIpc) is 2.85. The van der Waals surface area contributed by atoms with Gasteiger partial charge in [0.05, 0.1) is 6.04 Å². The van der Waals surface area contributed by atoms with Crippen molar-refractivity contribution in [1.82, 2.24) is 10.2 Å². The van der Waals surface area contributed by atoms with E-state index in [4.69, 9.17) is 5.11 Å². The van der Waals surface area contributed by atoms with Crippen LogP contribution < -0.4 is 5.32 Å². The molecule has 2 aliphatic heterocycles. The van der Waals surface area contributed by atoms with E-state index in [-0.39, 0.29) is 18.4 Å². The number of nitrogens with one attached hydrogen (secondary N) is 1. The fraction of sp³-hybridized carbons (Fsp3) is 0.800. The van der Waals surface area contributed by atoms with E-state index in [0.29, 0.717) is 19.4 Å². The normalized spacial score (nSPS) is 34.3. The summed E-state index contributed by atoms with van der Waals surface area (Å²) in [5.41, 5.74) is -2.00. The molecule has 2 unspecified atom stereocenters. The average molecular weight is 228 g/mol. The number of aliphatic carboxylic acids is 1. The molecule has 0 bridgehead atoms. The molecular weight excluding hydrogens is 212 g/mol. The van der Waals surface area contributed by atoms with Gasteiger partial charge in [-0.2, -0.15) is 0 Å². The zero-order chi connectivity index (χ0) is 11.8. The van der Waals surface area contributed by atoms with Gasteiger partial charge in [0, 0.05) is 13.0 Å². The summed E-state index contributed by atoms with van der Waals surface area (Å²) < 4.78 is 0. The Balaban J connectivity index is 2.13. The summed E-state index contributed by atoms with van der Waals surface area (Å²) in [5, 5.41) is 21.9. The second-order valence-corrected chi connectivity index (χ2v) is 4.36. The highest BCUT2D eigenvalue weighted by molar-refractivity contribution is 5.89. The van der Waals surface area contributed by atoms with Crippen molar-refractivity contribution in [3.63, 3.8) is 0 Å². The lowest BCUT2D eigenvalue weighted by Crippen LogP contribution is -2.57. The molecule has 6 heteroatoms. The number of likely N-dealkylation sites (tertiary alicyclic amines) is 1. The molecule has 2 heterocycles. The Morgan fingerprint density at radius 3 is 2.69 bits per heavy atom. The first kappa shape index (κ1) is 11.3. The van der Waals surface area contributed by atoms with Gasteiger partial charge in [0.15, 0.2) is 0 Å². The SMILES string of the molecule is O=C(C1CCCN1)N1CCCC1(O)C(=O)O. The van der Waals surface area contributed by atoms with Crippen LogP contribution in [0.4, 0.5) is 0 Å². The maximum Gasteiger partial charge on any atom is 0.357 e. The Kier molecular flexibility index (Phi) is 2.86. The minimum absolute atomic E-state index is 0.112. The van der Waals surface area contributed by atoms with E-state index >= 15 is 0 Å². The first-order valence-electron chi connectivity index (χ1n) is 5.56. The molecule has 0 aromatic carbocycles. The molecule has 3 N–H and O–H groups in total. The minimum Gasteiger partial charge on any atom is -0.478 e. The molecular formula is C10H16N2O4. The number of carboxylic acids is 1. The van der Waals surface area contributed by atoms with Crippen LogP contribution in [0, 0.1) is 0 Å². The fourth-order valence-electron chi connectivity index (χ4n) is 2.40. The van der Waals surface area contributed by atoms with Crippen molar-refractivity contribution in [3.05, 3.63) is 0 Å². The molecule has 2 aliphatic rings. The standard InChI is InChI=1S/C10H16N2O4/c13-8(7-3-1-5-11-7)12-6-2-4-10(12,16)9(14)15/h7,11,16H,1-6H2,(H,14,15). The van der Waals surface area contributed by atoms with Gasteiger partial charge in [0.2, 0.25) is 11.6 Å². The van der Waals surface area contributed by atoms with Crippen molar-refractivity contribution >= 4 is 11.9 Å². The molecule has 0 radical (unpaired) electrons. The van der Waals surface area contributed by atoms with Crippen molar-refractivity contribution in [3.8, 4) is 0 Å². The largest absolute Gasteiger partial charge is 0.478 e. The van der Waals surface area contributed by atoms with Gasteiger partial charge in [-0.05, 0) is 25.8 Å². The number of amides is 1. The van der Waals surface area contributed by atoms with Crippen LogP contribution in [0.5, 0.6) is 0 Å². The maximum atomic E-state index is 12.0. The van der Waals surface area contributed by atoms with Crippen LogP contribution in [-0.2, 0) is 9.59 Å². The topological polar surface area (TPSA) is 89.9 Å². The Hall–Kier alpha value is -1.14. The van der Waals surface area contributed by atoms with Crippen LogP contribution in [-0.4, -0.2) is 51.8 Å². The van der Waals surface area contributed by atoms with E-state index in [2.05, 4.69) is 5.32 Å². The Morgan fingerprint density at radius 1 is 1.38 bits per heavy atom. The fourth-order valence-corrected chi connectivity index (χ4v) is 2.40. The summed E-state index contributed by atoms with van der Waals surface area (Å²) in [5.74, 6) is -1.63. The summed E-state index contributed by atoms with van der Waals surface area (Å²) in [6, 6.07) is -0.330. The molecule has 2 atom stereocenters. The number of aliphatic hydroxyl groups is 1. The number of hydrogen-bond donors (Lipinski definition) is 3. The predicted octanol–water partition coefficient (Wildman–Crippen LogP) is -0.866. The number of nitrogens with zero attached hydrogens (tertiary/aromatic N) is 1. The summed E-state index contributed by atoms with van der Waals surface area (Å²) in [4.78, 5) is 24.1. The molecule has 2 fully saturated rings. The van der Waals surface area contributed by atoms with Crippen LogP contribution in [0.15, 0.2) is 0 Å². The second-order valence-electron chi connectivity index (χ2n) is 4.36. The summed E-state index contributed by atoms with van der Waals surface area (Å²) in [6.45, 7) is 1.09. The van der Waals surface area contributed by atoms with Crippen LogP contribution in [0.2, 0.25) is 0 Å². The highest BCUT2D eigenvalue weighted by Crippen LogP contribution is 2.28. The number of carbonyl (C=O) groups excluding carboxylic acids is 1. The summed E-state index contributed by atoms with van der Waals surface area (Å²) in [7, 11) is 0.